The fourth-order valence-corrected chi connectivity index (χ4v) is 1.32. The van der Waals surface area contributed by atoms with E-state index in [2.05, 4.69) is 11.1 Å². The summed E-state index contributed by atoms with van der Waals surface area (Å²) in [6, 6.07) is 2.14. The van der Waals surface area contributed by atoms with Gasteiger partial charge in [-0.1, -0.05) is 32.1 Å². The molecule has 0 unspecified atom stereocenters. The molecule has 0 spiro atoms. The lowest BCUT2D eigenvalue weighted by Gasteiger charge is -1.98. The van der Waals surface area contributed by atoms with Gasteiger partial charge in [-0.05, 0) is 12.8 Å². The number of hydrogen-bond acceptors (Lipinski definition) is 3. The predicted molar refractivity (Wildman–Crippen MR) is 55.5 cm³/mol. The topological polar surface area (TPSA) is 53.2 Å². The highest BCUT2D eigenvalue weighted by atomic mass is 16.1. The third kappa shape index (κ3) is 10.9. The van der Waals surface area contributed by atoms with Gasteiger partial charge in [-0.25, -0.2) is 9.79 Å². The van der Waals surface area contributed by atoms with Crippen molar-refractivity contribution >= 4 is 6.08 Å². The summed E-state index contributed by atoms with van der Waals surface area (Å²) in [6.07, 6.45) is 10.2. The second-order valence-electron chi connectivity index (χ2n) is 3.36. The third-order valence-electron chi connectivity index (χ3n) is 2.12. The molecular weight excluding hydrogens is 176 g/mol. The largest absolute Gasteiger partial charge is 0.234 e. The van der Waals surface area contributed by atoms with Gasteiger partial charge < -0.3 is 0 Å². The van der Waals surface area contributed by atoms with Gasteiger partial charge in [0.25, 0.3) is 0 Å². The Morgan fingerprint density at radius 2 is 1.50 bits per heavy atom. The van der Waals surface area contributed by atoms with Crippen molar-refractivity contribution in [1.29, 1.82) is 5.26 Å². The van der Waals surface area contributed by atoms with E-state index in [1.54, 1.807) is 0 Å². The number of carbonyl (C=O) groups excluding carboxylic acids is 1. The smallest absolute Gasteiger partial charge is 0.211 e. The van der Waals surface area contributed by atoms with E-state index < -0.39 is 0 Å². The van der Waals surface area contributed by atoms with E-state index in [0.29, 0.717) is 13.0 Å². The fourth-order valence-electron chi connectivity index (χ4n) is 1.32. The molecule has 0 heterocycles. The van der Waals surface area contributed by atoms with Crippen LogP contribution in [0.15, 0.2) is 4.99 Å². The lowest BCUT2D eigenvalue weighted by Crippen LogP contribution is -1.83. The Morgan fingerprint density at radius 1 is 0.929 bits per heavy atom. The minimum atomic E-state index is 0.623. The molecule has 78 valence electrons. The monoisotopic (exact) mass is 194 g/mol. The summed E-state index contributed by atoms with van der Waals surface area (Å²) in [7, 11) is 0. The second-order valence-corrected chi connectivity index (χ2v) is 3.36. The average Bonchev–Trinajstić information content (AvgIpc) is 2.21. The van der Waals surface area contributed by atoms with Crippen molar-refractivity contribution in [3.63, 3.8) is 0 Å². The van der Waals surface area contributed by atoms with Crippen LogP contribution < -0.4 is 0 Å². The van der Waals surface area contributed by atoms with E-state index >= 15 is 0 Å². The van der Waals surface area contributed by atoms with Crippen molar-refractivity contribution in [2.75, 3.05) is 6.54 Å². The molecule has 0 saturated heterocycles. The summed E-state index contributed by atoms with van der Waals surface area (Å²) in [5.41, 5.74) is 0. The Balaban J connectivity index is 2.92. The molecule has 0 aliphatic heterocycles. The van der Waals surface area contributed by atoms with Crippen LogP contribution in [0, 0.1) is 11.3 Å². The molecule has 0 rings (SSSR count). The maximum Gasteiger partial charge on any atom is 0.234 e. The Labute approximate surface area is 85.8 Å². The minimum absolute atomic E-state index is 0.623. The highest BCUT2D eigenvalue weighted by Gasteiger charge is 1.91. The zero-order valence-corrected chi connectivity index (χ0v) is 8.67. The number of nitriles is 1. The van der Waals surface area contributed by atoms with Crippen molar-refractivity contribution in [3.05, 3.63) is 0 Å². The first-order valence-corrected chi connectivity index (χ1v) is 5.32. The van der Waals surface area contributed by atoms with Crippen LogP contribution in [-0.2, 0) is 4.79 Å². The van der Waals surface area contributed by atoms with E-state index in [-0.39, 0.29) is 0 Å². The average molecular weight is 194 g/mol. The van der Waals surface area contributed by atoms with Crippen molar-refractivity contribution in [1.82, 2.24) is 0 Å². The van der Waals surface area contributed by atoms with Gasteiger partial charge in [-0.3, -0.25) is 0 Å². The van der Waals surface area contributed by atoms with E-state index in [9.17, 15) is 4.79 Å². The van der Waals surface area contributed by atoms with Gasteiger partial charge in [-0.2, -0.15) is 5.26 Å². The van der Waals surface area contributed by atoms with Gasteiger partial charge in [0.2, 0.25) is 6.08 Å². The fraction of sp³-hybridized carbons (Fsp3) is 0.818. The van der Waals surface area contributed by atoms with Crippen LogP contribution in [0.4, 0.5) is 0 Å². The number of aliphatic imine (C=N–C) groups is 1. The number of hydrogen-bond donors (Lipinski definition) is 0. The summed E-state index contributed by atoms with van der Waals surface area (Å²) in [4.78, 5) is 13.2. The van der Waals surface area contributed by atoms with Crippen LogP contribution in [-0.4, -0.2) is 12.6 Å². The summed E-state index contributed by atoms with van der Waals surface area (Å²) in [5.74, 6) is 0. The summed E-state index contributed by atoms with van der Waals surface area (Å²) >= 11 is 0. The van der Waals surface area contributed by atoms with Crippen LogP contribution in [0.2, 0.25) is 0 Å². The van der Waals surface area contributed by atoms with E-state index in [4.69, 9.17) is 5.26 Å². The molecule has 0 bridgehead atoms. The number of nitrogens with zero attached hydrogens (tertiary/aromatic N) is 2. The Kier molecular flexibility index (Phi) is 10.9. The van der Waals surface area contributed by atoms with Crippen molar-refractivity contribution in [2.45, 2.75) is 51.4 Å². The number of isocyanates is 1. The summed E-state index contributed by atoms with van der Waals surface area (Å²) in [6.45, 7) is 0.623. The van der Waals surface area contributed by atoms with Crippen molar-refractivity contribution in [2.24, 2.45) is 4.99 Å². The molecule has 0 aromatic carbocycles. The van der Waals surface area contributed by atoms with Crippen molar-refractivity contribution in [3.8, 4) is 6.07 Å². The van der Waals surface area contributed by atoms with Gasteiger partial charge in [0.15, 0.2) is 0 Å². The molecule has 3 nitrogen and oxygen atoms in total. The number of rotatable bonds is 9. The molecule has 0 fully saturated rings. The maximum absolute atomic E-state index is 9.72. The van der Waals surface area contributed by atoms with Crippen LogP contribution in [0.5, 0.6) is 0 Å². The Morgan fingerprint density at radius 3 is 2.07 bits per heavy atom. The molecule has 0 aliphatic rings. The SMILES string of the molecule is N#CCCCCCCCCCN=C=O. The van der Waals surface area contributed by atoms with Crippen LogP contribution in [0.25, 0.3) is 0 Å². The lowest BCUT2D eigenvalue weighted by molar-refractivity contribution is 0.559. The quantitative estimate of drug-likeness (QED) is 0.322. The van der Waals surface area contributed by atoms with Gasteiger partial charge in [-0.15, -0.1) is 0 Å². The van der Waals surface area contributed by atoms with E-state index in [1.165, 1.54) is 31.8 Å². The molecule has 0 aromatic rings. The zero-order valence-electron chi connectivity index (χ0n) is 8.67. The summed E-state index contributed by atoms with van der Waals surface area (Å²) < 4.78 is 0. The molecule has 0 aliphatic carbocycles. The third-order valence-corrected chi connectivity index (χ3v) is 2.12. The van der Waals surface area contributed by atoms with Crippen LogP contribution in [0.3, 0.4) is 0 Å². The zero-order chi connectivity index (χ0) is 10.5. The first-order chi connectivity index (χ1) is 6.91. The van der Waals surface area contributed by atoms with E-state index in [1.807, 2.05) is 0 Å². The van der Waals surface area contributed by atoms with Gasteiger partial charge in [0, 0.05) is 6.42 Å². The molecule has 0 aromatic heterocycles. The Bertz CT molecular complexity index is 202. The number of unbranched alkanes of at least 4 members (excludes halogenated alkanes) is 7. The van der Waals surface area contributed by atoms with Crippen LogP contribution >= 0.6 is 0 Å². The molecule has 0 N–H and O–H groups in total. The minimum Gasteiger partial charge on any atom is -0.211 e. The molecule has 14 heavy (non-hydrogen) atoms. The molecule has 0 atom stereocenters. The molecule has 0 radical (unpaired) electrons. The van der Waals surface area contributed by atoms with Crippen molar-refractivity contribution < 1.29 is 4.79 Å². The second kappa shape index (κ2) is 11.9. The van der Waals surface area contributed by atoms with Gasteiger partial charge >= 0.3 is 0 Å². The first-order valence-electron chi connectivity index (χ1n) is 5.32. The standard InChI is InChI=1S/C11H18N2O/c12-9-7-5-3-1-2-4-6-8-10-13-11-14/h1-8,10H2. The molecule has 0 saturated carbocycles. The lowest BCUT2D eigenvalue weighted by atomic mass is 10.1. The maximum atomic E-state index is 9.72. The van der Waals surface area contributed by atoms with Crippen LogP contribution in [0.1, 0.15) is 51.4 Å². The van der Waals surface area contributed by atoms with Gasteiger partial charge in [0.05, 0.1) is 12.6 Å². The first kappa shape index (κ1) is 12.9. The molecule has 3 heteroatoms. The highest BCUT2D eigenvalue weighted by Crippen LogP contribution is 2.08. The summed E-state index contributed by atoms with van der Waals surface area (Å²) in [5, 5.41) is 8.30. The van der Waals surface area contributed by atoms with E-state index in [0.717, 1.165) is 19.3 Å². The normalized spacial score (nSPS) is 9.07. The predicted octanol–water partition coefficient (Wildman–Crippen LogP) is 2.97. The highest BCUT2D eigenvalue weighted by molar-refractivity contribution is 5.32. The molecule has 0 amide bonds. The Hall–Kier alpha value is -1.13. The molecular formula is C11H18N2O. The van der Waals surface area contributed by atoms with Gasteiger partial charge in [0.1, 0.15) is 0 Å².